The summed E-state index contributed by atoms with van der Waals surface area (Å²) in [5.41, 5.74) is 9.43. The number of aryl methyl sites for hydroxylation is 1. The second kappa shape index (κ2) is 10.1. The topological polar surface area (TPSA) is 24.8 Å². The molecule has 2 aromatic rings. The van der Waals surface area contributed by atoms with Crippen LogP contribution in [0.1, 0.15) is 67.7 Å². The first-order valence-electron chi connectivity index (χ1n) is 12.6. The Labute approximate surface area is 203 Å². The van der Waals surface area contributed by atoms with Gasteiger partial charge in [-0.15, -0.1) is 0 Å². The molecule has 33 heavy (non-hydrogen) atoms. The summed E-state index contributed by atoms with van der Waals surface area (Å²) in [6.07, 6.45) is 6.68. The lowest BCUT2D eigenvalue weighted by Gasteiger charge is -2.38. The largest absolute Gasteiger partial charge is 0.380 e. The van der Waals surface area contributed by atoms with Gasteiger partial charge >= 0.3 is 0 Å². The van der Waals surface area contributed by atoms with E-state index in [0.717, 1.165) is 68.3 Å². The number of hydrogen-bond acceptors (Lipinski definition) is 3. The maximum absolute atomic E-state index is 6.54. The van der Waals surface area contributed by atoms with Crippen molar-refractivity contribution in [1.29, 1.82) is 0 Å². The van der Waals surface area contributed by atoms with Gasteiger partial charge in [-0.1, -0.05) is 61.3 Å². The molecule has 2 aromatic carbocycles. The summed E-state index contributed by atoms with van der Waals surface area (Å²) in [7, 11) is 0. The standard InChI is InChI=1S/C29H35ClN2O/c1-3-6-28(26-7-4-5-8-27(26)30)31-29-17-32(14-13-20(29)2)25-12-11-21-9-10-22(15-23(21)16-25)24-18-33-19-24/h4-5,7-10,15,24-25H,3,6,11-14,16-19H2,1-2H3. The van der Waals surface area contributed by atoms with Crippen LogP contribution in [0.15, 0.2) is 58.7 Å². The molecule has 0 aromatic heterocycles. The molecule has 0 radical (unpaired) electrons. The lowest BCUT2D eigenvalue weighted by Crippen LogP contribution is -2.43. The van der Waals surface area contributed by atoms with E-state index in [1.165, 1.54) is 29.7 Å². The van der Waals surface area contributed by atoms with Crippen LogP contribution in [-0.2, 0) is 17.6 Å². The number of aliphatic imine (C=N–C) groups is 1. The molecule has 0 bridgehead atoms. The summed E-state index contributed by atoms with van der Waals surface area (Å²) < 4.78 is 5.43. The van der Waals surface area contributed by atoms with E-state index in [4.69, 9.17) is 21.3 Å². The van der Waals surface area contributed by atoms with Gasteiger partial charge in [0.15, 0.2) is 0 Å². The molecule has 1 fully saturated rings. The van der Waals surface area contributed by atoms with Crippen LogP contribution in [0, 0.1) is 0 Å². The minimum atomic E-state index is 0.596. The maximum atomic E-state index is 6.54. The first-order chi connectivity index (χ1) is 16.1. The molecule has 1 atom stereocenters. The van der Waals surface area contributed by atoms with Crippen molar-refractivity contribution in [2.45, 2.75) is 64.3 Å². The number of halogens is 1. The smallest absolute Gasteiger partial charge is 0.0557 e. The fourth-order valence-corrected chi connectivity index (χ4v) is 5.65. The summed E-state index contributed by atoms with van der Waals surface area (Å²) >= 11 is 6.54. The Bertz CT molecular complexity index is 1070. The van der Waals surface area contributed by atoms with Crippen molar-refractivity contribution in [1.82, 2.24) is 4.90 Å². The lowest BCUT2D eigenvalue weighted by molar-refractivity contribution is 0.00837. The van der Waals surface area contributed by atoms with Gasteiger partial charge < -0.3 is 4.74 Å². The van der Waals surface area contributed by atoms with Gasteiger partial charge in [0, 0.05) is 41.3 Å². The molecule has 2 heterocycles. The molecule has 0 spiro atoms. The first kappa shape index (κ1) is 22.8. The third kappa shape index (κ3) is 4.96. The number of hydrogen-bond donors (Lipinski definition) is 0. The zero-order valence-electron chi connectivity index (χ0n) is 19.9. The fourth-order valence-electron chi connectivity index (χ4n) is 5.40. The van der Waals surface area contributed by atoms with E-state index in [1.807, 2.05) is 12.1 Å². The van der Waals surface area contributed by atoms with Crippen LogP contribution in [0.3, 0.4) is 0 Å². The van der Waals surface area contributed by atoms with Crippen molar-refractivity contribution >= 4 is 17.3 Å². The Hall–Kier alpha value is -1.94. The van der Waals surface area contributed by atoms with Crippen molar-refractivity contribution in [3.63, 3.8) is 0 Å². The van der Waals surface area contributed by atoms with Crippen molar-refractivity contribution < 1.29 is 4.74 Å². The molecule has 0 saturated carbocycles. The SMILES string of the molecule is CCCC(=NC1=C(C)CCN(C2CCc3ccc(C4COC4)cc3C2)C1)c1ccccc1Cl. The Morgan fingerprint density at radius 1 is 1.12 bits per heavy atom. The highest BCUT2D eigenvalue weighted by atomic mass is 35.5. The highest BCUT2D eigenvalue weighted by molar-refractivity contribution is 6.34. The molecule has 4 heteroatoms. The van der Waals surface area contributed by atoms with E-state index in [-0.39, 0.29) is 0 Å². The molecule has 1 aliphatic carbocycles. The number of fused-ring (bicyclic) bond motifs is 1. The Kier molecular flexibility index (Phi) is 7.01. The fraction of sp³-hybridized carbons (Fsp3) is 0.483. The molecular weight excluding hydrogens is 428 g/mol. The zero-order valence-corrected chi connectivity index (χ0v) is 20.7. The molecule has 0 amide bonds. The van der Waals surface area contributed by atoms with Crippen LogP contribution in [0.5, 0.6) is 0 Å². The van der Waals surface area contributed by atoms with E-state index >= 15 is 0 Å². The van der Waals surface area contributed by atoms with Gasteiger partial charge in [-0.3, -0.25) is 9.89 Å². The number of nitrogens with zero attached hydrogens (tertiary/aromatic N) is 2. The minimum absolute atomic E-state index is 0.596. The Balaban J connectivity index is 1.35. The van der Waals surface area contributed by atoms with Crippen LogP contribution in [0.4, 0.5) is 0 Å². The van der Waals surface area contributed by atoms with Crippen LogP contribution in [0.25, 0.3) is 0 Å². The summed E-state index contributed by atoms with van der Waals surface area (Å²) in [4.78, 5) is 7.92. The first-order valence-corrected chi connectivity index (χ1v) is 12.9. The molecule has 3 nitrogen and oxygen atoms in total. The minimum Gasteiger partial charge on any atom is -0.380 e. The highest BCUT2D eigenvalue weighted by Crippen LogP contribution is 2.32. The Morgan fingerprint density at radius 3 is 2.73 bits per heavy atom. The predicted octanol–water partition coefficient (Wildman–Crippen LogP) is 6.58. The zero-order chi connectivity index (χ0) is 22.8. The molecule has 2 aliphatic heterocycles. The second-order valence-corrected chi connectivity index (χ2v) is 10.3. The van der Waals surface area contributed by atoms with Gasteiger partial charge in [0.1, 0.15) is 0 Å². The van der Waals surface area contributed by atoms with E-state index < -0.39 is 0 Å². The van der Waals surface area contributed by atoms with Gasteiger partial charge in [0.2, 0.25) is 0 Å². The lowest BCUT2D eigenvalue weighted by atomic mass is 9.84. The van der Waals surface area contributed by atoms with Crippen molar-refractivity contribution in [2.75, 3.05) is 26.3 Å². The van der Waals surface area contributed by atoms with Gasteiger partial charge in [0.25, 0.3) is 0 Å². The van der Waals surface area contributed by atoms with E-state index in [9.17, 15) is 0 Å². The number of rotatable bonds is 6. The number of ether oxygens (including phenoxy) is 1. The quantitative estimate of drug-likeness (QED) is 0.453. The van der Waals surface area contributed by atoms with Crippen LogP contribution in [0.2, 0.25) is 5.02 Å². The average Bonchev–Trinajstić information content (AvgIpc) is 2.79. The summed E-state index contributed by atoms with van der Waals surface area (Å²) in [5, 5.41) is 0.798. The van der Waals surface area contributed by atoms with Gasteiger partial charge in [-0.2, -0.15) is 0 Å². The van der Waals surface area contributed by atoms with Gasteiger partial charge in [-0.05, 0) is 67.4 Å². The third-order valence-corrected chi connectivity index (χ3v) is 7.95. The Morgan fingerprint density at radius 2 is 1.97 bits per heavy atom. The third-order valence-electron chi connectivity index (χ3n) is 7.62. The maximum Gasteiger partial charge on any atom is 0.0557 e. The van der Waals surface area contributed by atoms with E-state index in [0.29, 0.717) is 12.0 Å². The number of benzene rings is 2. The normalized spacial score (nSPS) is 22.3. The second-order valence-electron chi connectivity index (χ2n) is 9.89. The monoisotopic (exact) mass is 462 g/mol. The average molecular weight is 463 g/mol. The van der Waals surface area contributed by atoms with Crippen LogP contribution in [-0.4, -0.2) is 43.0 Å². The van der Waals surface area contributed by atoms with Crippen molar-refractivity contribution in [3.05, 3.63) is 81.0 Å². The summed E-state index contributed by atoms with van der Waals surface area (Å²) in [5.74, 6) is 0.596. The summed E-state index contributed by atoms with van der Waals surface area (Å²) in [6.45, 7) is 8.31. The highest BCUT2D eigenvalue weighted by Gasteiger charge is 2.29. The predicted molar refractivity (Wildman–Crippen MR) is 138 cm³/mol. The van der Waals surface area contributed by atoms with Crippen LogP contribution >= 0.6 is 11.6 Å². The molecule has 1 unspecified atom stereocenters. The van der Waals surface area contributed by atoms with Gasteiger partial charge in [-0.25, -0.2) is 0 Å². The van der Waals surface area contributed by atoms with Crippen molar-refractivity contribution in [2.24, 2.45) is 4.99 Å². The molecular formula is C29H35ClN2O. The molecule has 3 aliphatic rings. The van der Waals surface area contributed by atoms with Crippen molar-refractivity contribution in [3.8, 4) is 0 Å². The van der Waals surface area contributed by atoms with E-state index in [2.05, 4.69) is 49.1 Å². The molecule has 174 valence electrons. The summed E-state index contributed by atoms with van der Waals surface area (Å²) in [6, 6.07) is 15.9. The molecule has 0 N–H and O–H groups in total. The van der Waals surface area contributed by atoms with E-state index in [1.54, 1.807) is 11.1 Å². The van der Waals surface area contributed by atoms with Gasteiger partial charge in [0.05, 0.1) is 18.9 Å². The van der Waals surface area contributed by atoms with Crippen LogP contribution < -0.4 is 0 Å². The molecule has 5 rings (SSSR count). The molecule has 1 saturated heterocycles.